The van der Waals surface area contributed by atoms with E-state index in [0.29, 0.717) is 17.4 Å². The second kappa shape index (κ2) is 59.1. The van der Waals surface area contributed by atoms with Gasteiger partial charge in [0.05, 0.1) is 39.9 Å². The molecule has 0 rings (SSSR count). The number of unbranched alkanes of at least 4 members (excludes halogenated alkanes) is 43. The van der Waals surface area contributed by atoms with Crippen LogP contribution >= 0.6 is 7.82 Å². The highest BCUT2D eigenvalue weighted by Gasteiger charge is 2.28. The molecule has 3 atom stereocenters. The second-order valence-corrected chi connectivity index (χ2v) is 25.6. The smallest absolute Gasteiger partial charge is 0.387 e. The summed E-state index contributed by atoms with van der Waals surface area (Å²) in [6, 6.07) is -0.871. The van der Waals surface area contributed by atoms with E-state index in [2.05, 4.69) is 55.6 Å². The van der Waals surface area contributed by atoms with E-state index in [0.717, 1.165) is 44.9 Å². The summed E-state index contributed by atoms with van der Waals surface area (Å²) in [4.78, 5) is 23.4. The monoisotopic (exact) mass is 1100 g/mol. The van der Waals surface area contributed by atoms with Crippen molar-refractivity contribution in [2.75, 3.05) is 40.9 Å². The molecule has 0 fully saturated rings. The van der Waals surface area contributed by atoms with Gasteiger partial charge in [0.2, 0.25) is 5.91 Å². The number of hydrogen-bond acceptors (Lipinski definition) is 5. The minimum Gasteiger partial charge on any atom is -0.387 e. The highest BCUT2D eigenvalue weighted by atomic mass is 31.2. The lowest BCUT2D eigenvalue weighted by Crippen LogP contribution is -2.45. The van der Waals surface area contributed by atoms with Gasteiger partial charge in [0, 0.05) is 6.42 Å². The van der Waals surface area contributed by atoms with Crippen molar-refractivity contribution in [1.29, 1.82) is 0 Å². The second-order valence-electron chi connectivity index (χ2n) is 24.2. The van der Waals surface area contributed by atoms with Crippen molar-refractivity contribution in [1.82, 2.24) is 5.32 Å². The number of aliphatic hydroxyl groups excluding tert-OH is 1. The number of amides is 1. The third-order valence-corrected chi connectivity index (χ3v) is 16.2. The van der Waals surface area contributed by atoms with Crippen LogP contribution in [-0.2, 0) is 18.4 Å². The Balaban J connectivity index is 4.14. The van der Waals surface area contributed by atoms with Gasteiger partial charge in [0.25, 0.3) is 0 Å². The molecule has 0 aliphatic rings. The molecule has 0 bridgehead atoms. The Morgan fingerprint density at radius 3 is 1.04 bits per heavy atom. The molecule has 0 aromatic rings. The molecule has 77 heavy (non-hydrogen) atoms. The van der Waals surface area contributed by atoms with Crippen LogP contribution in [0.1, 0.15) is 328 Å². The highest BCUT2D eigenvalue weighted by molar-refractivity contribution is 7.47. The lowest BCUT2D eigenvalue weighted by molar-refractivity contribution is -0.870. The standard InChI is InChI=1S/C68H131N2O6P/c1-6-8-10-12-14-16-18-20-22-24-26-28-30-32-33-34-35-36-38-40-42-44-46-48-50-52-54-56-58-60-62-68(72)69-66(65-76-77(73,74)75-64-63-70(3,4)5)67(71)61-59-57-55-53-51-49-47-45-43-41-39-37-31-29-27-25-23-21-19-17-15-13-11-9-7-2/h32-33,43,45,51,53,59,61,66-67,71H,6-31,34-42,44,46-50,52,54-58,60,62-65H2,1-5H3,(H-,69,72,73,74)/p+1/b33-32-,45-43+,53-51+,61-59+. The van der Waals surface area contributed by atoms with Crippen LogP contribution in [0.3, 0.4) is 0 Å². The van der Waals surface area contributed by atoms with Gasteiger partial charge in [0.1, 0.15) is 13.2 Å². The van der Waals surface area contributed by atoms with Crippen LogP contribution in [0.25, 0.3) is 0 Å². The maximum atomic E-state index is 13.0. The van der Waals surface area contributed by atoms with Crippen LogP contribution in [-0.4, -0.2) is 73.4 Å². The third kappa shape index (κ3) is 61.9. The number of rotatable bonds is 62. The molecule has 1 amide bonds. The Hall–Kier alpha value is -1.54. The van der Waals surface area contributed by atoms with Crippen LogP contribution in [0.5, 0.6) is 0 Å². The van der Waals surface area contributed by atoms with Gasteiger partial charge in [-0.25, -0.2) is 4.57 Å². The summed E-state index contributed by atoms with van der Waals surface area (Å²) in [7, 11) is 1.56. The van der Waals surface area contributed by atoms with Gasteiger partial charge in [-0.1, -0.05) is 300 Å². The van der Waals surface area contributed by atoms with Gasteiger partial charge in [-0.15, -0.1) is 0 Å². The van der Waals surface area contributed by atoms with E-state index in [1.807, 2.05) is 27.2 Å². The molecule has 0 saturated carbocycles. The van der Waals surface area contributed by atoms with Crippen molar-refractivity contribution in [3.63, 3.8) is 0 Å². The highest BCUT2D eigenvalue weighted by Crippen LogP contribution is 2.43. The number of nitrogens with zero attached hydrogens (tertiary/aromatic N) is 1. The molecule has 0 saturated heterocycles. The van der Waals surface area contributed by atoms with E-state index in [-0.39, 0.29) is 19.1 Å². The van der Waals surface area contributed by atoms with Crippen LogP contribution in [0.4, 0.5) is 0 Å². The summed E-state index contributed by atoms with van der Waals surface area (Å²) in [5.74, 6) is -0.186. The van der Waals surface area contributed by atoms with Crippen LogP contribution in [0.2, 0.25) is 0 Å². The van der Waals surface area contributed by atoms with Gasteiger partial charge >= 0.3 is 7.82 Å². The molecule has 3 unspecified atom stereocenters. The number of nitrogens with one attached hydrogen (secondary N) is 1. The summed E-state index contributed by atoms with van der Waals surface area (Å²) in [6.45, 7) is 4.83. The molecule has 3 N–H and O–H groups in total. The Morgan fingerprint density at radius 2 is 0.714 bits per heavy atom. The van der Waals surface area contributed by atoms with E-state index < -0.39 is 20.0 Å². The van der Waals surface area contributed by atoms with Crippen LogP contribution in [0.15, 0.2) is 48.6 Å². The zero-order chi connectivity index (χ0) is 56.3. The average molecular weight is 1100 g/mol. The fourth-order valence-electron chi connectivity index (χ4n) is 10.0. The van der Waals surface area contributed by atoms with E-state index in [1.54, 1.807) is 6.08 Å². The number of likely N-dealkylation sites (N-methyl/N-ethyl adjacent to an activating group) is 1. The van der Waals surface area contributed by atoms with E-state index in [1.165, 1.54) is 263 Å². The number of hydrogen-bond donors (Lipinski definition) is 3. The first-order chi connectivity index (χ1) is 37.5. The number of phosphoric acid groups is 1. The summed E-state index contributed by atoms with van der Waals surface area (Å²) in [5, 5.41) is 14.0. The summed E-state index contributed by atoms with van der Waals surface area (Å²) >= 11 is 0. The normalized spacial score (nSPS) is 14.0. The molecule has 0 aromatic carbocycles. The Kier molecular flexibility index (Phi) is 57.9. The molecule has 9 heteroatoms. The number of allylic oxidation sites excluding steroid dienone is 7. The molecule has 454 valence electrons. The quantitative estimate of drug-likeness (QED) is 0.0243. The predicted octanol–water partition coefficient (Wildman–Crippen LogP) is 21.1. The topological polar surface area (TPSA) is 105 Å². The first-order valence-corrected chi connectivity index (χ1v) is 35.0. The van der Waals surface area contributed by atoms with E-state index >= 15 is 0 Å². The zero-order valence-electron chi connectivity index (χ0n) is 52.0. The molecule has 0 aliphatic carbocycles. The fraction of sp³-hybridized carbons (Fsp3) is 0.868. The number of aliphatic hydroxyl groups is 1. The lowest BCUT2D eigenvalue weighted by Gasteiger charge is -2.25. The Bertz CT molecular complexity index is 1390. The third-order valence-electron chi connectivity index (χ3n) is 15.2. The lowest BCUT2D eigenvalue weighted by atomic mass is 10.0. The number of quaternary nitrogens is 1. The number of phosphoric ester groups is 1. The fourth-order valence-corrected chi connectivity index (χ4v) is 10.7. The van der Waals surface area contributed by atoms with Crippen molar-refractivity contribution in [2.45, 2.75) is 341 Å². The number of carbonyl (C=O) groups excluding carboxylic acids is 1. The molecule has 0 aliphatic heterocycles. The zero-order valence-corrected chi connectivity index (χ0v) is 52.9. The van der Waals surface area contributed by atoms with Crippen molar-refractivity contribution < 1.29 is 32.9 Å². The minimum absolute atomic E-state index is 0.0538. The molecule has 8 nitrogen and oxygen atoms in total. The van der Waals surface area contributed by atoms with Crippen molar-refractivity contribution >= 4 is 13.7 Å². The largest absolute Gasteiger partial charge is 0.472 e. The van der Waals surface area contributed by atoms with Gasteiger partial charge in [0.15, 0.2) is 0 Å². The molecule has 0 spiro atoms. The molecular formula is C68H132N2O6P+. The van der Waals surface area contributed by atoms with Gasteiger partial charge in [-0.05, 0) is 70.6 Å². The maximum Gasteiger partial charge on any atom is 0.472 e. The van der Waals surface area contributed by atoms with Crippen LogP contribution < -0.4 is 5.32 Å². The summed E-state index contributed by atoms with van der Waals surface area (Å²) in [6.07, 6.45) is 79.7. The van der Waals surface area contributed by atoms with Gasteiger partial charge in [-0.3, -0.25) is 13.8 Å². The Labute approximate surface area is 479 Å². The maximum absolute atomic E-state index is 13.0. The molecule has 0 aromatic heterocycles. The van der Waals surface area contributed by atoms with Crippen molar-refractivity contribution in [3.8, 4) is 0 Å². The first-order valence-electron chi connectivity index (χ1n) is 33.5. The van der Waals surface area contributed by atoms with Crippen molar-refractivity contribution in [3.05, 3.63) is 48.6 Å². The van der Waals surface area contributed by atoms with Gasteiger partial charge in [-0.2, -0.15) is 0 Å². The average Bonchev–Trinajstić information content (AvgIpc) is 3.39. The van der Waals surface area contributed by atoms with Gasteiger partial charge < -0.3 is 19.8 Å². The van der Waals surface area contributed by atoms with Crippen molar-refractivity contribution in [2.24, 2.45) is 0 Å². The van der Waals surface area contributed by atoms with E-state index in [9.17, 15) is 19.4 Å². The molecular weight excluding hydrogens is 972 g/mol. The van der Waals surface area contributed by atoms with Crippen LogP contribution in [0, 0.1) is 0 Å². The molecule has 0 radical (unpaired) electrons. The summed E-state index contributed by atoms with van der Waals surface area (Å²) in [5.41, 5.74) is 0. The molecule has 0 heterocycles. The first kappa shape index (κ1) is 75.5. The van der Waals surface area contributed by atoms with E-state index in [4.69, 9.17) is 9.05 Å². The Morgan fingerprint density at radius 1 is 0.429 bits per heavy atom. The predicted molar refractivity (Wildman–Crippen MR) is 337 cm³/mol. The number of carbonyl (C=O) groups is 1. The SMILES string of the molecule is CCCCCCCCCCCCCC/C=C\CCCCCCCCCCCCCCCCC(=O)NC(COP(=O)(O)OCC[N+](C)(C)C)C(O)/C=C/CC/C=C/CC/C=C/CCCCCCCCCCCCCCCCC. The minimum atomic E-state index is -4.36. The summed E-state index contributed by atoms with van der Waals surface area (Å²) < 4.78 is 23.8.